The molecule has 0 aliphatic heterocycles. The number of esters is 1. The van der Waals surface area contributed by atoms with Gasteiger partial charge >= 0.3 is 5.97 Å². The second kappa shape index (κ2) is 4.97. The zero-order valence-corrected chi connectivity index (χ0v) is 11.3. The fraction of sp³-hybridized carbons (Fsp3) is 0.222. The Morgan fingerprint density at radius 2 is 2.29 bits per heavy atom. The third kappa shape index (κ3) is 2.60. The predicted molar refractivity (Wildman–Crippen MR) is 67.2 cm³/mol. The molecule has 0 amide bonds. The van der Waals surface area contributed by atoms with Gasteiger partial charge in [-0.25, -0.2) is 4.79 Å². The minimum Gasteiger partial charge on any atom is -0.462 e. The molecule has 5 heteroatoms. The van der Waals surface area contributed by atoms with E-state index in [2.05, 4.69) is 15.9 Å². The van der Waals surface area contributed by atoms with Crippen LogP contribution in [0.2, 0.25) is 0 Å². The van der Waals surface area contributed by atoms with E-state index in [0.717, 1.165) is 8.04 Å². The van der Waals surface area contributed by atoms with Gasteiger partial charge in [0.2, 0.25) is 0 Å². The van der Waals surface area contributed by atoms with Crippen LogP contribution in [0.15, 0.2) is 16.6 Å². The van der Waals surface area contributed by atoms with Gasteiger partial charge in [0.1, 0.15) is 0 Å². The summed E-state index contributed by atoms with van der Waals surface area (Å²) in [6, 6.07) is 3.46. The highest BCUT2D eigenvalue weighted by atomic mass is 127. The average Bonchev–Trinajstić information content (AvgIpc) is 2.11. The Morgan fingerprint density at radius 3 is 2.86 bits per heavy atom. The first-order chi connectivity index (χ1) is 6.56. The number of halogens is 2. The van der Waals surface area contributed by atoms with E-state index in [0.29, 0.717) is 17.9 Å². The van der Waals surface area contributed by atoms with Crippen LogP contribution in [-0.4, -0.2) is 12.6 Å². The number of nitrogens with two attached hydrogens (primary N) is 1. The molecule has 14 heavy (non-hydrogen) atoms. The summed E-state index contributed by atoms with van der Waals surface area (Å²) in [6.07, 6.45) is 0. The molecule has 0 spiro atoms. The van der Waals surface area contributed by atoms with Crippen molar-refractivity contribution in [1.82, 2.24) is 0 Å². The maximum atomic E-state index is 11.5. The van der Waals surface area contributed by atoms with Crippen LogP contribution in [0.3, 0.4) is 0 Å². The van der Waals surface area contributed by atoms with Crippen LogP contribution in [0.4, 0.5) is 5.69 Å². The van der Waals surface area contributed by atoms with Gasteiger partial charge in [-0.05, 0) is 41.6 Å². The second-order valence-electron chi connectivity index (χ2n) is 2.58. The van der Waals surface area contributed by atoms with E-state index >= 15 is 0 Å². The summed E-state index contributed by atoms with van der Waals surface area (Å²) in [4.78, 5) is 11.5. The predicted octanol–water partition coefficient (Wildman–Crippen LogP) is 2.81. The molecule has 0 bridgehead atoms. The summed E-state index contributed by atoms with van der Waals surface area (Å²) in [5, 5.41) is 0. The first-order valence-electron chi connectivity index (χ1n) is 3.98. The maximum absolute atomic E-state index is 11.5. The number of carbonyl (C=O) groups excluding carboxylic acids is 1. The van der Waals surface area contributed by atoms with Gasteiger partial charge in [0.05, 0.1) is 15.7 Å². The van der Waals surface area contributed by atoms with Crippen LogP contribution >= 0.6 is 38.5 Å². The van der Waals surface area contributed by atoms with Gasteiger partial charge < -0.3 is 10.5 Å². The van der Waals surface area contributed by atoms with Crippen LogP contribution in [0.1, 0.15) is 17.3 Å². The van der Waals surface area contributed by atoms with Gasteiger partial charge in [0.15, 0.2) is 0 Å². The van der Waals surface area contributed by atoms with Crippen molar-refractivity contribution in [1.29, 1.82) is 0 Å². The molecule has 3 nitrogen and oxygen atoms in total. The monoisotopic (exact) mass is 369 g/mol. The fourth-order valence-corrected chi connectivity index (χ4v) is 1.97. The van der Waals surface area contributed by atoms with Gasteiger partial charge in [0, 0.05) is 10.2 Å². The third-order valence-corrected chi connectivity index (χ3v) is 3.22. The molecule has 0 saturated heterocycles. The van der Waals surface area contributed by atoms with Crippen LogP contribution in [-0.2, 0) is 4.74 Å². The largest absolute Gasteiger partial charge is 0.462 e. The van der Waals surface area contributed by atoms with Crippen LogP contribution in [0, 0.1) is 3.57 Å². The lowest BCUT2D eigenvalue weighted by molar-refractivity contribution is 0.0525. The highest BCUT2D eigenvalue weighted by Gasteiger charge is 2.13. The van der Waals surface area contributed by atoms with Crippen molar-refractivity contribution >= 4 is 50.2 Å². The number of nitrogen functional groups attached to an aromatic ring is 1. The maximum Gasteiger partial charge on any atom is 0.339 e. The summed E-state index contributed by atoms with van der Waals surface area (Å²) >= 11 is 5.31. The second-order valence-corrected chi connectivity index (χ2v) is 4.57. The number of anilines is 1. The molecule has 0 aromatic heterocycles. The topological polar surface area (TPSA) is 52.3 Å². The molecular weight excluding hydrogens is 361 g/mol. The highest BCUT2D eigenvalue weighted by Crippen LogP contribution is 2.25. The molecule has 0 atom stereocenters. The molecule has 0 aliphatic carbocycles. The molecule has 0 saturated carbocycles. The first kappa shape index (κ1) is 11.8. The molecule has 0 radical (unpaired) electrons. The van der Waals surface area contributed by atoms with E-state index in [1.54, 1.807) is 19.1 Å². The Hall–Kier alpha value is -0.300. The number of ether oxygens (including phenoxy) is 1. The van der Waals surface area contributed by atoms with E-state index in [1.807, 2.05) is 22.6 Å². The summed E-state index contributed by atoms with van der Waals surface area (Å²) in [7, 11) is 0. The summed E-state index contributed by atoms with van der Waals surface area (Å²) in [5.74, 6) is -0.343. The van der Waals surface area contributed by atoms with Crippen molar-refractivity contribution in [2.45, 2.75) is 6.92 Å². The Kier molecular flexibility index (Phi) is 4.18. The first-order valence-corrected chi connectivity index (χ1v) is 5.85. The standard InChI is InChI=1S/C9H9BrINO2/c1-2-14-9(13)6-3-5(10)4-7(12)8(6)11/h3-4H,2,12H2,1H3. The SMILES string of the molecule is CCOC(=O)c1cc(Br)cc(N)c1I. The molecule has 0 heterocycles. The third-order valence-electron chi connectivity index (χ3n) is 1.56. The minimum atomic E-state index is -0.343. The molecule has 1 aromatic carbocycles. The Balaban J connectivity index is 3.13. The number of hydrogen-bond acceptors (Lipinski definition) is 3. The molecule has 0 aliphatic rings. The van der Waals surface area contributed by atoms with Crippen molar-refractivity contribution in [2.24, 2.45) is 0 Å². The lowest BCUT2D eigenvalue weighted by Crippen LogP contribution is -2.08. The quantitative estimate of drug-likeness (QED) is 0.495. The van der Waals surface area contributed by atoms with Gasteiger partial charge in [-0.2, -0.15) is 0 Å². The molecule has 0 fully saturated rings. The number of carbonyl (C=O) groups is 1. The van der Waals surface area contributed by atoms with Crippen LogP contribution in [0.5, 0.6) is 0 Å². The van der Waals surface area contributed by atoms with Crippen molar-refractivity contribution in [3.05, 3.63) is 25.7 Å². The lowest BCUT2D eigenvalue weighted by Gasteiger charge is -2.07. The molecule has 1 rings (SSSR count). The van der Waals surface area contributed by atoms with Gasteiger partial charge in [-0.3, -0.25) is 0 Å². The van der Waals surface area contributed by atoms with Crippen molar-refractivity contribution in [2.75, 3.05) is 12.3 Å². The lowest BCUT2D eigenvalue weighted by atomic mass is 10.2. The van der Waals surface area contributed by atoms with Gasteiger partial charge in [-0.1, -0.05) is 15.9 Å². The molecular formula is C9H9BrINO2. The normalized spacial score (nSPS) is 9.93. The van der Waals surface area contributed by atoms with E-state index < -0.39 is 0 Å². The van der Waals surface area contributed by atoms with Crippen LogP contribution < -0.4 is 5.73 Å². The minimum absolute atomic E-state index is 0.343. The smallest absolute Gasteiger partial charge is 0.339 e. The fourth-order valence-electron chi connectivity index (χ4n) is 0.968. The highest BCUT2D eigenvalue weighted by molar-refractivity contribution is 14.1. The number of hydrogen-bond donors (Lipinski definition) is 1. The summed E-state index contributed by atoms with van der Waals surface area (Å²) in [5.41, 5.74) is 6.78. The van der Waals surface area contributed by atoms with E-state index in [-0.39, 0.29) is 5.97 Å². The molecule has 1 aromatic rings. The Labute approximate surface area is 104 Å². The van der Waals surface area contributed by atoms with Gasteiger partial charge in [0.25, 0.3) is 0 Å². The van der Waals surface area contributed by atoms with Crippen molar-refractivity contribution < 1.29 is 9.53 Å². The van der Waals surface area contributed by atoms with Crippen molar-refractivity contribution in [3.63, 3.8) is 0 Å². The number of rotatable bonds is 2. The average molecular weight is 370 g/mol. The zero-order valence-electron chi connectivity index (χ0n) is 7.51. The van der Waals surface area contributed by atoms with E-state index in [1.165, 1.54) is 0 Å². The van der Waals surface area contributed by atoms with E-state index in [9.17, 15) is 4.79 Å². The Bertz CT molecular complexity index is 368. The summed E-state index contributed by atoms with van der Waals surface area (Å²) < 4.78 is 6.40. The van der Waals surface area contributed by atoms with Crippen molar-refractivity contribution in [3.8, 4) is 0 Å². The molecule has 76 valence electrons. The molecule has 0 unspecified atom stereocenters. The zero-order chi connectivity index (χ0) is 10.7. The molecule has 2 N–H and O–H groups in total. The van der Waals surface area contributed by atoms with Gasteiger partial charge in [-0.15, -0.1) is 0 Å². The Morgan fingerprint density at radius 1 is 1.64 bits per heavy atom. The summed E-state index contributed by atoms with van der Waals surface area (Å²) in [6.45, 7) is 2.13. The van der Waals surface area contributed by atoms with Crippen LogP contribution in [0.25, 0.3) is 0 Å². The number of benzene rings is 1. The van der Waals surface area contributed by atoms with E-state index in [4.69, 9.17) is 10.5 Å².